The number of carbonyl (C=O) groups excluding carboxylic acids is 2. The van der Waals surface area contributed by atoms with E-state index in [-0.39, 0.29) is 30.6 Å². The predicted molar refractivity (Wildman–Crippen MR) is 110 cm³/mol. The number of benzene rings is 2. The van der Waals surface area contributed by atoms with Crippen LogP contribution in [0, 0.1) is 5.82 Å². The first-order chi connectivity index (χ1) is 14.5. The molecule has 2 aromatic carbocycles. The second kappa shape index (κ2) is 10.1. The molecule has 0 radical (unpaired) electrons. The Morgan fingerprint density at radius 3 is 2.70 bits per heavy atom. The Morgan fingerprint density at radius 2 is 1.97 bits per heavy atom. The van der Waals surface area contributed by atoms with Gasteiger partial charge < -0.3 is 20.1 Å². The van der Waals surface area contributed by atoms with Crippen LogP contribution in [0.2, 0.25) is 0 Å². The number of piperazine rings is 1. The molecule has 0 aromatic heterocycles. The highest BCUT2D eigenvalue weighted by molar-refractivity contribution is 5.88. The van der Waals surface area contributed by atoms with Crippen LogP contribution >= 0.6 is 0 Å². The molecule has 160 valence electrons. The van der Waals surface area contributed by atoms with E-state index < -0.39 is 6.04 Å². The number of amides is 2. The summed E-state index contributed by atoms with van der Waals surface area (Å²) in [5.41, 5.74) is 1.62. The average molecular weight is 415 g/mol. The summed E-state index contributed by atoms with van der Waals surface area (Å²) in [4.78, 5) is 26.9. The molecule has 1 atom stereocenters. The monoisotopic (exact) mass is 415 g/mol. The van der Waals surface area contributed by atoms with Crippen LogP contribution in [0.1, 0.15) is 17.5 Å². The predicted octanol–water partition coefficient (Wildman–Crippen LogP) is 1.85. The molecule has 1 aliphatic heterocycles. The third-order valence-electron chi connectivity index (χ3n) is 5.03. The highest BCUT2D eigenvalue weighted by Crippen LogP contribution is 2.28. The Balaban J connectivity index is 1.64. The number of nitrogens with zero attached hydrogens (tertiary/aromatic N) is 1. The molecule has 1 heterocycles. The molecule has 2 amide bonds. The van der Waals surface area contributed by atoms with E-state index >= 15 is 0 Å². The van der Waals surface area contributed by atoms with Gasteiger partial charge in [-0.3, -0.25) is 14.5 Å². The van der Waals surface area contributed by atoms with Crippen LogP contribution in [0.15, 0.2) is 42.5 Å². The van der Waals surface area contributed by atoms with Gasteiger partial charge in [0.05, 0.1) is 26.7 Å². The lowest BCUT2D eigenvalue weighted by atomic mass is 10.1. The van der Waals surface area contributed by atoms with Crippen molar-refractivity contribution in [3.8, 4) is 11.5 Å². The van der Waals surface area contributed by atoms with Crippen molar-refractivity contribution < 1.29 is 23.5 Å². The average Bonchev–Trinajstić information content (AvgIpc) is 2.74. The van der Waals surface area contributed by atoms with Gasteiger partial charge in [-0.1, -0.05) is 18.2 Å². The van der Waals surface area contributed by atoms with Crippen molar-refractivity contribution in [1.29, 1.82) is 0 Å². The maximum absolute atomic E-state index is 13.3. The summed E-state index contributed by atoms with van der Waals surface area (Å²) in [5.74, 6) is 0.447. The quantitative estimate of drug-likeness (QED) is 0.688. The summed E-state index contributed by atoms with van der Waals surface area (Å²) in [5, 5.41) is 5.58. The number of hydrogen-bond acceptors (Lipinski definition) is 5. The van der Waals surface area contributed by atoms with Gasteiger partial charge in [-0.25, -0.2) is 4.39 Å². The fourth-order valence-electron chi connectivity index (χ4n) is 3.48. The molecule has 1 unspecified atom stereocenters. The van der Waals surface area contributed by atoms with E-state index in [1.807, 2.05) is 23.1 Å². The Bertz CT molecular complexity index is 906. The normalized spacial score (nSPS) is 16.6. The number of nitrogens with one attached hydrogen (secondary N) is 2. The van der Waals surface area contributed by atoms with E-state index in [1.165, 1.54) is 12.1 Å². The molecule has 7 nitrogen and oxygen atoms in total. The largest absolute Gasteiger partial charge is 0.493 e. The number of ether oxygens (including phenoxy) is 2. The van der Waals surface area contributed by atoms with Crippen LogP contribution in [-0.2, 0) is 22.7 Å². The Kier molecular flexibility index (Phi) is 7.24. The van der Waals surface area contributed by atoms with E-state index in [1.54, 1.807) is 26.4 Å². The maximum atomic E-state index is 13.3. The SMILES string of the molecule is COc1ccc(CN2CCNC(=O)C2CC(=O)NCc2cccc(F)c2)cc1OC. The molecule has 1 saturated heterocycles. The van der Waals surface area contributed by atoms with Gasteiger partial charge in [0.2, 0.25) is 11.8 Å². The van der Waals surface area contributed by atoms with Crippen LogP contribution in [0.25, 0.3) is 0 Å². The number of carbonyl (C=O) groups is 2. The highest BCUT2D eigenvalue weighted by Gasteiger charge is 2.31. The minimum Gasteiger partial charge on any atom is -0.493 e. The second-order valence-electron chi connectivity index (χ2n) is 7.08. The number of hydrogen-bond donors (Lipinski definition) is 2. The summed E-state index contributed by atoms with van der Waals surface area (Å²) in [6.45, 7) is 1.85. The molecular formula is C22H26FN3O4. The van der Waals surface area contributed by atoms with Crippen LogP contribution in [0.5, 0.6) is 11.5 Å². The number of rotatable bonds is 8. The van der Waals surface area contributed by atoms with Gasteiger partial charge in [-0.2, -0.15) is 0 Å². The van der Waals surface area contributed by atoms with Crippen molar-refractivity contribution in [3.05, 3.63) is 59.4 Å². The Labute approximate surface area is 175 Å². The Morgan fingerprint density at radius 1 is 1.17 bits per heavy atom. The zero-order valence-corrected chi connectivity index (χ0v) is 17.1. The third-order valence-corrected chi connectivity index (χ3v) is 5.03. The van der Waals surface area contributed by atoms with E-state index in [2.05, 4.69) is 10.6 Å². The molecule has 2 N–H and O–H groups in total. The van der Waals surface area contributed by atoms with Crippen LogP contribution < -0.4 is 20.1 Å². The zero-order chi connectivity index (χ0) is 21.5. The Hall–Kier alpha value is -3.13. The van der Waals surface area contributed by atoms with Crippen molar-refractivity contribution in [2.75, 3.05) is 27.3 Å². The molecule has 0 spiro atoms. The van der Waals surface area contributed by atoms with Crippen molar-refractivity contribution in [1.82, 2.24) is 15.5 Å². The van der Waals surface area contributed by atoms with Gasteiger partial charge in [-0.15, -0.1) is 0 Å². The molecule has 2 aromatic rings. The lowest BCUT2D eigenvalue weighted by Crippen LogP contribution is -2.56. The molecule has 0 aliphatic carbocycles. The van der Waals surface area contributed by atoms with Crippen molar-refractivity contribution in [2.45, 2.75) is 25.6 Å². The van der Waals surface area contributed by atoms with E-state index in [0.29, 0.717) is 36.7 Å². The summed E-state index contributed by atoms with van der Waals surface area (Å²) < 4.78 is 23.9. The standard InChI is InChI=1S/C22H26FN3O4/c1-29-19-7-6-16(11-20(19)30-2)14-26-9-8-24-22(28)18(26)12-21(27)25-13-15-4-3-5-17(23)10-15/h3-7,10-11,18H,8-9,12-14H2,1-2H3,(H,24,28)(H,25,27). The smallest absolute Gasteiger partial charge is 0.237 e. The van der Waals surface area contributed by atoms with E-state index in [0.717, 1.165) is 5.56 Å². The van der Waals surface area contributed by atoms with Gasteiger partial charge in [0.25, 0.3) is 0 Å². The molecule has 30 heavy (non-hydrogen) atoms. The molecule has 0 bridgehead atoms. The lowest BCUT2D eigenvalue weighted by Gasteiger charge is -2.34. The summed E-state index contributed by atoms with van der Waals surface area (Å²) >= 11 is 0. The molecule has 8 heteroatoms. The molecule has 3 rings (SSSR count). The van der Waals surface area contributed by atoms with E-state index in [4.69, 9.17) is 9.47 Å². The first kappa shape index (κ1) is 21.6. The number of halogens is 1. The summed E-state index contributed by atoms with van der Waals surface area (Å²) in [6.07, 6.45) is 0.0223. The number of methoxy groups -OCH3 is 2. The molecule has 1 fully saturated rings. The van der Waals surface area contributed by atoms with E-state index in [9.17, 15) is 14.0 Å². The van der Waals surface area contributed by atoms with Crippen LogP contribution in [-0.4, -0.2) is 50.1 Å². The lowest BCUT2D eigenvalue weighted by molar-refractivity contribution is -0.134. The van der Waals surface area contributed by atoms with Gasteiger partial charge in [0.1, 0.15) is 5.82 Å². The second-order valence-corrected chi connectivity index (χ2v) is 7.08. The van der Waals surface area contributed by atoms with Gasteiger partial charge in [0.15, 0.2) is 11.5 Å². The minimum atomic E-state index is -0.584. The molecule has 1 aliphatic rings. The fraction of sp³-hybridized carbons (Fsp3) is 0.364. The van der Waals surface area contributed by atoms with Crippen LogP contribution in [0.4, 0.5) is 4.39 Å². The molecular weight excluding hydrogens is 389 g/mol. The van der Waals surface area contributed by atoms with Gasteiger partial charge in [-0.05, 0) is 35.4 Å². The summed E-state index contributed by atoms with van der Waals surface area (Å²) in [6, 6.07) is 11.1. The van der Waals surface area contributed by atoms with Crippen molar-refractivity contribution >= 4 is 11.8 Å². The fourth-order valence-corrected chi connectivity index (χ4v) is 3.48. The highest BCUT2D eigenvalue weighted by atomic mass is 19.1. The topological polar surface area (TPSA) is 79.9 Å². The first-order valence-corrected chi connectivity index (χ1v) is 9.74. The minimum absolute atomic E-state index is 0.0223. The third kappa shape index (κ3) is 5.48. The van der Waals surface area contributed by atoms with Crippen molar-refractivity contribution in [2.24, 2.45) is 0 Å². The van der Waals surface area contributed by atoms with Crippen LogP contribution in [0.3, 0.4) is 0 Å². The zero-order valence-electron chi connectivity index (χ0n) is 17.1. The first-order valence-electron chi connectivity index (χ1n) is 9.74. The van der Waals surface area contributed by atoms with Gasteiger partial charge >= 0.3 is 0 Å². The van der Waals surface area contributed by atoms with Crippen molar-refractivity contribution in [3.63, 3.8) is 0 Å². The van der Waals surface area contributed by atoms with Gasteiger partial charge in [0, 0.05) is 26.2 Å². The maximum Gasteiger partial charge on any atom is 0.237 e. The molecule has 0 saturated carbocycles. The summed E-state index contributed by atoms with van der Waals surface area (Å²) in [7, 11) is 3.15.